The molecule has 2 atom stereocenters. The molecule has 4 heteroatoms. The minimum absolute atomic E-state index is 0.104. The van der Waals surface area contributed by atoms with Gasteiger partial charge in [0, 0.05) is 28.9 Å². The average molecular weight is 322 g/mol. The van der Waals surface area contributed by atoms with Crippen molar-refractivity contribution in [1.29, 1.82) is 0 Å². The molecule has 1 amide bonds. The van der Waals surface area contributed by atoms with Gasteiger partial charge in [0.15, 0.2) is 0 Å². The third kappa shape index (κ3) is 2.73. The number of fused-ring (bicyclic) bond motifs is 3. The molecule has 1 aliphatic heterocycles. The number of carbonyl (C=O) groups is 1. The molecule has 24 heavy (non-hydrogen) atoms. The lowest BCUT2D eigenvalue weighted by Gasteiger charge is -2.25. The first-order chi connectivity index (χ1) is 11.7. The second-order valence-electron chi connectivity index (χ2n) is 6.63. The summed E-state index contributed by atoms with van der Waals surface area (Å²) in [4.78, 5) is 12.4. The normalized spacial score (nSPS) is 21.4. The Labute approximate surface area is 142 Å². The Morgan fingerprint density at radius 2 is 1.92 bits per heavy atom. The van der Waals surface area contributed by atoms with Crippen molar-refractivity contribution in [3.05, 3.63) is 53.6 Å². The van der Waals surface area contributed by atoms with Crippen LogP contribution in [0.5, 0.6) is 5.75 Å². The zero-order valence-corrected chi connectivity index (χ0v) is 13.8. The lowest BCUT2D eigenvalue weighted by Crippen LogP contribution is -2.23. The van der Waals surface area contributed by atoms with Crippen molar-refractivity contribution in [3.63, 3.8) is 0 Å². The number of nitrogens with one attached hydrogen (secondary N) is 2. The summed E-state index contributed by atoms with van der Waals surface area (Å²) in [6.07, 6.45) is 5.14. The van der Waals surface area contributed by atoms with Crippen molar-refractivity contribution in [1.82, 2.24) is 0 Å². The molecule has 0 spiro atoms. The molecular weight excluding hydrogens is 300 g/mol. The van der Waals surface area contributed by atoms with Gasteiger partial charge in [0.05, 0.1) is 7.11 Å². The van der Waals surface area contributed by atoms with Gasteiger partial charge in [-0.3, -0.25) is 4.79 Å². The van der Waals surface area contributed by atoms with Crippen LogP contribution in [0.1, 0.15) is 47.5 Å². The predicted molar refractivity (Wildman–Crippen MR) is 96.0 cm³/mol. The highest BCUT2D eigenvalue weighted by molar-refractivity contribution is 6.04. The SMILES string of the molecule is COc1ccc(C(=O)Nc2ccc3c(c2)N[C@@H]2CCCC[C@H]32)cc1. The highest BCUT2D eigenvalue weighted by Crippen LogP contribution is 2.44. The largest absolute Gasteiger partial charge is 0.497 e. The highest BCUT2D eigenvalue weighted by atomic mass is 16.5. The predicted octanol–water partition coefficient (Wildman–Crippen LogP) is 4.40. The summed E-state index contributed by atoms with van der Waals surface area (Å²) in [5.74, 6) is 1.28. The molecule has 2 N–H and O–H groups in total. The van der Waals surface area contributed by atoms with E-state index in [1.54, 1.807) is 31.4 Å². The fraction of sp³-hybridized carbons (Fsp3) is 0.350. The molecule has 2 aromatic rings. The van der Waals surface area contributed by atoms with Crippen molar-refractivity contribution in [2.24, 2.45) is 0 Å². The summed E-state index contributed by atoms with van der Waals surface area (Å²) in [5.41, 5.74) is 4.04. The monoisotopic (exact) mass is 322 g/mol. The van der Waals surface area contributed by atoms with Crippen LogP contribution in [0.15, 0.2) is 42.5 Å². The number of amides is 1. The van der Waals surface area contributed by atoms with Crippen LogP contribution in [0.25, 0.3) is 0 Å². The van der Waals surface area contributed by atoms with Gasteiger partial charge >= 0.3 is 0 Å². The van der Waals surface area contributed by atoms with E-state index in [0.717, 1.165) is 11.4 Å². The maximum absolute atomic E-state index is 12.4. The molecule has 2 aromatic carbocycles. The third-order valence-electron chi connectivity index (χ3n) is 5.17. The van der Waals surface area contributed by atoms with Crippen molar-refractivity contribution in [2.75, 3.05) is 17.7 Å². The molecule has 1 fully saturated rings. The zero-order valence-electron chi connectivity index (χ0n) is 13.8. The van der Waals surface area contributed by atoms with Crippen molar-refractivity contribution >= 4 is 17.3 Å². The Hall–Kier alpha value is -2.49. The molecular formula is C20H22N2O2. The van der Waals surface area contributed by atoms with Gasteiger partial charge in [-0.2, -0.15) is 0 Å². The summed E-state index contributed by atoms with van der Waals surface area (Å²) in [5, 5.41) is 6.62. The van der Waals surface area contributed by atoms with E-state index in [1.807, 2.05) is 6.07 Å². The molecule has 0 aromatic heterocycles. The minimum Gasteiger partial charge on any atom is -0.497 e. The summed E-state index contributed by atoms with van der Waals surface area (Å²) in [7, 11) is 1.62. The molecule has 0 saturated heterocycles. The molecule has 0 bridgehead atoms. The third-order valence-corrected chi connectivity index (χ3v) is 5.17. The first kappa shape index (κ1) is 15.1. The minimum atomic E-state index is -0.104. The second kappa shape index (κ2) is 6.19. The van der Waals surface area contributed by atoms with Gasteiger partial charge in [-0.05, 0) is 54.8 Å². The van der Waals surface area contributed by atoms with E-state index < -0.39 is 0 Å². The molecule has 4 rings (SSSR count). The number of hydrogen-bond donors (Lipinski definition) is 2. The number of benzene rings is 2. The van der Waals surface area contributed by atoms with Gasteiger partial charge in [-0.1, -0.05) is 18.9 Å². The van der Waals surface area contributed by atoms with Crippen molar-refractivity contribution < 1.29 is 9.53 Å². The quantitative estimate of drug-likeness (QED) is 0.880. The average Bonchev–Trinajstić information content (AvgIpc) is 2.99. The Bertz CT molecular complexity index is 755. The van der Waals surface area contributed by atoms with E-state index in [4.69, 9.17) is 4.74 Å². The standard InChI is InChI=1S/C20H22N2O2/c1-24-15-9-6-13(7-10-15)20(23)21-14-8-11-17-16-4-2-3-5-18(16)22-19(17)12-14/h6-12,16,18,22H,2-5H2,1H3,(H,21,23)/t16-,18-/m1/s1. The van der Waals surface area contributed by atoms with Crippen molar-refractivity contribution in [3.8, 4) is 5.75 Å². The van der Waals surface area contributed by atoms with Crippen LogP contribution in [-0.2, 0) is 0 Å². The molecule has 1 saturated carbocycles. The molecule has 0 unspecified atom stereocenters. The van der Waals surface area contributed by atoms with Crippen LogP contribution >= 0.6 is 0 Å². The van der Waals surface area contributed by atoms with Gasteiger partial charge < -0.3 is 15.4 Å². The number of ether oxygens (including phenoxy) is 1. The summed E-state index contributed by atoms with van der Waals surface area (Å²) >= 11 is 0. The highest BCUT2D eigenvalue weighted by Gasteiger charge is 2.33. The Balaban J connectivity index is 1.50. The van der Waals surface area contributed by atoms with Gasteiger partial charge in [0.25, 0.3) is 5.91 Å². The lowest BCUT2D eigenvalue weighted by molar-refractivity contribution is 0.102. The van der Waals surface area contributed by atoms with Crippen LogP contribution in [0.3, 0.4) is 0 Å². The molecule has 2 aliphatic rings. The van der Waals surface area contributed by atoms with Crippen LogP contribution in [0.2, 0.25) is 0 Å². The van der Waals surface area contributed by atoms with Gasteiger partial charge in [0.1, 0.15) is 5.75 Å². The number of methoxy groups -OCH3 is 1. The van der Waals surface area contributed by atoms with Crippen LogP contribution in [0.4, 0.5) is 11.4 Å². The molecule has 1 aliphatic carbocycles. The number of carbonyl (C=O) groups excluding carboxylic acids is 1. The summed E-state index contributed by atoms with van der Waals surface area (Å²) in [6, 6.07) is 14.0. The van der Waals surface area contributed by atoms with Crippen molar-refractivity contribution in [2.45, 2.75) is 37.6 Å². The molecule has 0 radical (unpaired) electrons. The van der Waals surface area contributed by atoms with Crippen LogP contribution in [0, 0.1) is 0 Å². The summed E-state index contributed by atoms with van der Waals surface area (Å²) in [6.45, 7) is 0. The molecule has 124 valence electrons. The fourth-order valence-corrected chi connectivity index (χ4v) is 3.90. The molecule has 1 heterocycles. The van der Waals surface area contributed by atoms with Crippen LogP contribution < -0.4 is 15.4 Å². The smallest absolute Gasteiger partial charge is 0.255 e. The summed E-state index contributed by atoms with van der Waals surface area (Å²) < 4.78 is 5.12. The lowest BCUT2D eigenvalue weighted by atomic mass is 9.83. The van der Waals surface area contributed by atoms with Crippen LogP contribution in [-0.4, -0.2) is 19.1 Å². The topological polar surface area (TPSA) is 50.4 Å². The van der Waals surface area contributed by atoms with Gasteiger partial charge in [-0.15, -0.1) is 0 Å². The maximum Gasteiger partial charge on any atom is 0.255 e. The molecule has 4 nitrogen and oxygen atoms in total. The fourth-order valence-electron chi connectivity index (χ4n) is 3.90. The zero-order chi connectivity index (χ0) is 16.5. The number of rotatable bonds is 3. The number of hydrogen-bond acceptors (Lipinski definition) is 3. The van der Waals surface area contributed by atoms with Gasteiger partial charge in [-0.25, -0.2) is 0 Å². The Kier molecular flexibility index (Phi) is 3.89. The van der Waals surface area contributed by atoms with Gasteiger partial charge in [0.2, 0.25) is 0 Å². The van der Waals surface area contributed by atoms with E-state index in [9.17, 15) is 4.79 Å². The second-order valence-corrected chi connectivity index (χ2v) is 6.63. The van der Waals surface area contributed by atoms with E-state index in [-0.39, 0.29) is 5.91 Å². The Morgan fingerprint density at radius 1 is 1.12 bits per heavy atom. The first-order valence-corrected chi connectivity index (χ1v) is 8.60. The maximum atomic E-state index is 12.4. The van der Waals surface area contributed by atoms with E-state index in [1.165, 1.54) is 36.9 Å². The number of anilines is 2. The first-order valence-electron chi connectivity index (χ1n) is 8.60. The van der Waals surface area contributed by atoms with E-state index in [2.05, 4.69) is 22.8 Å². The van der Waals surface area contributed by atoms with E-state index in [0.29, 0.717) is 17.5 Å². The Morgan fingerprint density at radius 3 is 2.71 bits per heavy atom. The van der Waals surface area contributed by atoms with E-state index >= 15 is 0 Å².